The minimum Gasteiger partial charge on any atom is -0.461 e. The lowest BCUT2D eigenvalue weighted by atomic mass is 9.84. The largest absolute Gasteiger partial charge is 0.461 e. The van der Waals surface area contributed by atoms with Crippen LogP contribution in [0.2, 0.25) is 0 Å². The lowest BCUT2D eigenvalue weighted by molar-refractivity contribution is -0.712. The van der Waals surface area contributed by atoms with Gasteiger partial charge in [0.05, 0.1) is 12.5 Å². The minimum atomic E-state index is -0.517. The van der Waals surface area contributed by atoms with Crippen LogP contribution >= 0.6 is 0 Å². The van der Waals surface area contributed by atoms with E-state index in [1.165, 1.54) is 0 Å². The summed E-state index contributed by atoms with van der Waals surface area (Å²) in [6.07, 6.45) is 3.86. The van der Waals surface area contributed by atoms with Crippen molar-refractivity contribution in [3.63, 3.8) is 0 Å². The van der Waals surface area contributed by atoms with E-state index < -0.39 is 6.04 Å². The zero-order valence-electron chi connectivity index (χ0n) is 19.0. The summed E-state index contributed by atoms with van der Waals surface area (Å²) in [6, 6.07) is 22.1. The van der Waals surface area contributed by atoms with Gasteiger partial charge in [0.2, 0.25) is 0 Å². The molecule has 0 radical (unpaired) electrons. The van der Waals surface area contributed by atoms with Gasteiger partial charge in [0, 0.05) is 51.7 Å². The van der Waals surface area contributed by atoms with Crippen molar-refractivity contribution < 1.29 is 14.1 Å². The number of carbonyl (C=O) groups excluding carboxylic acids is 1. The van der Waals surface area contributed by atoms with Gasteiger partial charge in [-0.1, -0.05) is 30.3 Å². The SMILES string of the molecule is CCOC(=O)C(C(c1ccc(N(C)C)cc1)c1ccc(N(C)C)cc1)[n+]1ccccc1. The monoisotopic (exact) mass is 418 g/mol. The first-order valence-electron chi connectivity index (χ1n) is 10.6. The molecule has 5 heteroatoms. The number of nitrogens with zero attached hydrogens (tertiary/aromatic N) is 3. The van der Waals surface area contributed by atoms with Crippen LogP contribution in [0.5, 0.6) is 0 Å². The van der Waals surface area contributed by atoms with Gasteiger partial charge >= 0.3 is 5.97 Å². The van der Waals surface area contributed by atoms with Crippen molar-refractivity contribution in [3.05, 3.63) is 90.3 Å². The number of anilines is 2. The smallest absolute Gasteiger partial charge is 0.376 e. The standard InChI is InChI=1S/C26H32N3O2/c1-6-31-26(30)25(29-18-8-7-9-19-29)24(20-10-14-22(15-11-20)27(2)3)21-12-16-23(17-13-21)28(4)5/h7-19,24-25H,6H2,1-5H3/q+1. The average Bonchev–Trinajstić information content (AvgIpc) is 2.78. The lowest BCUT2D eigenvalue weighted by Crippen LogP contribution is -2.47. The fourth-order valence-corrected chi connectivity index (χ4v) is 3.77. The minimum absolute atomic E-state index is 0.195. The molecule has 0 amide bonds. The van der Waals surface area contributed by atoms with Crippen molar-refractivity contribution in [1.82, 2.24) is 0 Å². The van der Waals surface area contributed by atoms with Crippen molar-refractivity contribution in [1.29, 1.82) is 0 Å². The van der Waals surface area contributed by atoms with Crippen LogP contribution in [0.15, 0.2) is 79.1 Å². The molecule has 0 saturated heterocycles. The molecule has 1 heterocycles. The van der Waals surface area contributed by atoms with Crippen molar-refractivity contribution in [3.8, 4) is 0 Å². The number of hydrogen-bond donors (Lipinski definition) is 0. The molecule has 162 valence electrons. The number of aromatic nitrogens is 1. The first-order valence-corrected chi connectivity index (χ1v) is 10.6. The molecule has 0 N–H and O–H groups in total. The predicted octanol–water partition coefficient (Wildman–Crippen LogP) is 4.04. The molecule has 2 aromatic carbocycles. The Balaban J connectivity index is 2.15. The Morgan fingerprint density at radius 3 is 1.65 bits per heavy atom. The second-order valence-electron chi connectivity index (χ2n) is 7.97. The maximum atomic E-state index is 13.2. The van der Waals surface area contributed by atoms with Gasteiger partial charge in [-0.25, -0.2) is 4.79 Å². The molecule has 0 aliphatic rings. The van der Waals surface area contributed by atoms with Crippen LogP contribution in [-0.4, -0.2) is 40.8 Å². The quantitative estimate of drug-likeness (QED) is 0.409. The van der Waals surface area contributed by atoms with E-state index in [2.05, 4.69) is 58.3 Å². The topological polar surface area (TPSA) is 36.7 Å². The summed E-state index contributed by atoms with van der Waals surface area (Å²) in [5, 5.41) is 0. The van der Waals surface area contributed by atoms with E-state index in [0.717, 1.165) is 22.5 Å². The predicted molar refractivity (Wildman–Crippen MR) is 126 cm³/mol. The van der Waals surface area contributed by atoms with Crippen LogP contribution in [0.3, 0.4) is 0 Å². The molecule has 1 atom stereocenters. The Hall–Kier alpha value is -3.34. The highest BCUT2D eigenvalue weighted by molar-refractivity contribution is 5.75. The molecule has 5 nitrogen and oxygen atoms in total. The maximum absolute atomic E-state index is 13.2. The van der Waals surface area contributed by atoms with Crippen LogP contribution in [0.4, 0.5) is 11.4 Å². The highest BCUT2D eigenvalue weighted by Gasteiger charge is 2.39. The molecular weight excluding hydrogens is 386 g/mol. The highest BCUT2D eigenvalue weighted by Crippen LogP contribution is 2.35. The summed E-state index contributed by atoms with van der Waals surface area (Å²) in [4.78, 5) is 17.4. The van der Waals surface area contributed by atoms with Gasteiger partial charge in [0.15, 0.2) is 12.4 Å². The van der Waals surface area contributed by atoms with Crippen LogP contribution < -0.4 is 14.4 Å². The van der Waals surface area contributed by atoms with Crippen LogP contribution in [0.25, 0.3) is 0 Å². The van der Waals surface area contributed by atoms with Crippen LogP contribution in [0.1, 0.15) is 30.0 Å². The number of rotatable bonds is 8. The third-order valence-corrected chi connectivity index (χ3v) is 5.44. The van der Waals surface area contributed by atoms with Gasteiger partial charge in [-0.05, 0) is 42.3 Å². The second-order valence-corrected chi connectivity index (χ2v) is 7.97. The van der Waals surface area contributed by atoms with Gasteiger partial charge in [0.25, 0.3) is 6.04 Å². The van der Waals surface area contributed by atoms with Crippen molar-refractivity contribution in [2.24, 2.45) is 0 Å². The molecular formula is C26H32N3O2+. The molecule has 3 rings (SSSR count). The summed E-state index contributed by atoms with van der Waals surface area (Å²) in [7, 11) is 8.09. The Kier molecular flexibility index (Phi) is 7.29. The normalized spacial score (nSPS) is 11.8. The second kappa shape index (κ2) is 10.1. The zero-order chi connectivity index (χ0) is 22.4. The molecule has 0 saturated carbocycles. The lowest BCUT2D eigenvalue weighted by Gasteiger charge is -2.24. The number of carbonyl (C=O) groups is 1. The molecule has 31 heavy (non-hydrogen) atoms. The van der Waals surface area contributed by atoms with E-state index in [1.54, 1.807) is 0 Å². The summed E-state index contributed by atoms with van der Waals surface area (Å²) >= 11 is 0. The molecule has 0 aliphatic carbocycles. The number of esters is 1. The van der Waals surface area contributed by atoms with Gasteiger partial charge in [-0.15, -0.1) is 0 Å². The Bertz CT molecular complexity index is 916. The first kappa shape index (κ1) is 22.3. The fraction of sp³-hybridized carbons (Fsp3) is 0.308. The highest BCUT2D eigenvalue weighted by atomic mass is 16.5. The molecule has 0 bridgehead atoms. The first-order chi connectivity index (χ1) is 14.9. The van der Waals surface area contributed by atoms with E-state index in [9.17, 15) is 4.79 Å². The zero-order valence-corrected chi connectivity index (χ0v) is 19.0. The maximum Gasteiger partial charge on any atom is 0.376 e. The number of pyridine rings is 1. The third kappa shape index (κ3) is 5.23. The molecule has 3 aromatic rings. The molecule has 0 spiro atoms. The molecule has 1 aromatic heterocycles. The molecule has 0 fully saturated rings. The van der Waals surface area contributed by atoms with E-state index >= 15 is 0 Å². The molecule has 1 unspecified atom stereocenters. The third-order valence-electron chi connectivity index (χ3n) is 5.44. The van der Waals surface area contributed by atoms with Gasteiger partial charge in [0.1, 0.15) is 0 Å². The van der Waals surface area contributed by atoms with E-state index in [4.69, 9.17) is 4.74 Å². The Labute approximate surface area is 185 Å². The van der Waals surface area contributed by atoms with Crippen molar-refractivity contribution in [2.75, 3.05) is 44.6 Å². The summed E-state index contributed by atoms with van der Waals surface area (Å²) in [5.74, 6) is -0.434. The summed E-state index contributed by atoms with van der Waals surface area (Å²) in [6.45, 7) is 2.19. The van der Waals surface area contributed by atoms with Crippen LogP contribution in [-0.2, 0) is 9.53 Å². The van der Waals surface area contributed by atoms with Gasteiger partial charge in [-0.3, -0.25) is 0 Å². The van der Waals surface area contributed by atoms with E-state index in [0.29, 0.717) is 6.61 Å². The number of hydrogen-bond acceptors (Lipinski definition) is 4. The van der Waals surface area contributed by atoms with Gasteiger partial charge < -0.3 is 14.5 Å². The Morgan fingerprint density at radius 1 is 0.806 bits per heavy atom. The number of benzene rings is 2. The molecule has 0 aliphatic heterocycles. The fourth-order valence-electron chi connectivity index (χ4n) is 3.77. The van der Waals surface area contributed by atoms with Crippen molar-refractivity contribution >= 4 is 17.3 Å². The average molecular weight is 419 g/mol. The van der Waals surface area contributed by atoms with Crippen LogP contribution in [0, 0.1) is 0 Å². The summed E-state index contributed by atoms with van der Waals surface area (Å²) in [5.41, 5.74) is 4.37. The van der Waals surface area contributed by atoms with Gasteiger partial charge in [-0.2, -0.15) is 4.57 Å². The van der Waals surface area contributed by atoms with E-state index in [1.807, 2.05) is 70.3 Å². The summed E-state index contributed by atoms with van der Waals surface area (Å²) < 4.78 is 7.48. The Morgan fingerprint density at radius 2 is 1.26 bits per heavy atom. The van der Waals surface area contributed by atoms with E-state index in [-0.39, 0.29) is 11.9 Å². The van der Waals surface area contributed by atoms with Crippen molar-refractivity contribution in [2.45, 2.75) is 18.9 Å². The number of ether oxygens (including phenoxy) is 1.